The molecule has 3 aliphatic rings. The van der Waals surface area contributed by atoms with Crippen LogP contribution in [0.3, 0.4) is 0 Å². The number of hydrogen-bond donors (Lipinski definition) is 0. The van der Waals surface area contributed by atoms with Crippen LogP contribution in [0.15, 0.2) is 36.5 Å². The Morgan fingerprint density at radius 1 is 1.18 bits per heavy atom. The number of carbonyl (C=O) groups excluding carboxylic acids is 1. The van der Waals surface area contributed by atoms with E-state index in [1.807, 2.05) is 24.4 Å². The molecular weight excluding hydrogens is 562 g/mol. The molecule has 7 nitrogen and oxygen atoms in total. The van der Waals surface area contributed by atoms with Crippen molar-refractivity contribution < 1.29 is 18.7 Å². The van der Waals surface area contributed by atoms with Crippen LogP contribution in [0.5, 0.6) is 0 Å². The van der Waals surface area contributed by atoms with E-state index in [0.717, 1.165) is 54.2 Å². The van der Waals surface area contributed by atoms with Gasteiger partial charge in [-0.3, -0.25) is 4.68 Å². The summed E-state index contributed by atoms with van der Waals surface area (Å²) in [6.45, 7) is 1.23. The summed E-state index contributed by atoms with van der Waals surface area (Å²) in [6, 6.07) is 9.04. The van der Waals surface area contributed by atoms with E-state index in [4.69, 9.17) is 32.7 Å². The summed E-state index contributed by atoms with van der Waals surface area (Å²) >= 11 is 14.5. The van der Waals surface area contributed by atoms with Crippen molar-refractivity contribution in [3.8, 4) is 11.1 Å². The normalized spacial score (nSPS) is 22.3. The standard InChI is InChI=1S/C28H25Cl2FN4O3S/c1-37-27(36)14-8-21(31)26-24(9-14)39-28(33-26)34-12-15-7-17(34)10-23(15)38-13-22-18(11-32-35(22)16-5-6-16)25-19(29)3-2-4-20(25)30/h2-4,8-9,11,15-17,23H,5-7,10,12-13H2,1H3/t15-,17-,23+/m0/s1. The number of rotatable bonds is 7. The average Bonchev–Trinajstić information content (AvgIpc) is 3.24. The molecule has 0 spiro atoms. The molecule has 2 aromatic carbocycles. The number of aromatic nitrogens is 3. The molecule has 0 amide bonds. The summed E-state index contributed by atoms with van der Waals surface area (Å²) in [6.07, 6.45) is 6.05. The summed E-state index contributed by atoms with van der Waals surface area (Å²) in [4.78, 5) is 18.8. The number of carbonyl (C=O) groups is 1. The molecule has 7 rings (SSSR count). The van der Waals surface area contributed by atoms with Gasteiger partial charge in [-0.05, 0) is 49.9 Å². The van der Waals surface area contributed by atoms with Gasteiger partial charge in [0.25, 0.3) is 0 Å². The number of esters is 1. The lowest BCUT2D eigenvalue weighted by atomic mass is 10.0. The van der Waals surface area contributed by atoms with Crippen molar-refractivity contribution in [3.05, 3.63) is 63.6 Å². The first-order valence-electron chi connectivity index (χ1n) is 13.0. The highest BCUT2D eigenvalue weighted by atomic mass is 35.5. The molecule has 0 unspecified atom stereocenters. The molecule has 39 heavy (non-hydrogen) atoms. The molecular formula is C28H25Cl2FN4O3S. The maximum absolute atomic E-state index is 14.7. The van der Waals surface area contributed by atoms with Gasteiger partial charge in [0.1, 0.15) is 5.52 Å². The fourth-order valence-electron chi connectivity index (χ4n) is 6.00. The molecule has 3 fully saturated rings. The first-order valence-corrected chi connectivity index (χ1v) is 14.6. The number of ether oxygens (including phenoxy) is 2. The van der Waals surface area contributed by atoms with Crippen LogP contribution in [0.4, 0.5) is 9.52 Å². The van der Waals surface area contributed by atoms with E-state index in [9.17, 15) is 9.18 Å². The number of anilines is 1. The van der Waals surface area contributed by atoms with Crippen molar-refractivity contribution in [1.82, 2.24) is 14.8 Å². The lowest BCUT2D eigenvalue weighted by molar-refractivity contribution is 0.00958. The van der Waals surface area contributed by atoms with Crippen LogP contribution in [0.25, 0.3) is 21.3 Å². The van der Waals surface area contributed by atoms with Crippen molar-refractivity contribution in [2.24, 2.45) is 5.92 Å². The number of hydrogen-bond acceptors (Lipinski definition) is 7. The number of methoxy groups -OCH3 is 1. The Morgan fingerprint density at radius 2 is 1.97 bits per heavy atom. The molecule has 11 heteroatoms. The van der Waals surface area contributed by atoms with Gasteiger partial charge >= 0.3 is 5.97 Å². The minimum atomic E-state index is -0.561. The van der Waals surface area contributed by atoms with E-state index in [1.54, 1.807) is 6.07 Å². The Balaban J connectivity index is 1.08. The fourth-order valence-corrected chi connectivity index (χ4v) is 7.70. The summed E-state index contributed by atoms with van der Waals surface area (Å²) in [5.74, 6) is -0.723. The zero-order valence-corrected chi connectivity index (χ0v) is 23.4. The minimum Gasteiger partial charge on any atom is -0.465 e. The van der Waals surface area contributed by atoms with Gasteiger partial charge in [0.2, 0.25) is 0 Å². The Kier molecular flexibility index (Phi) is 6.30. The van der Waals surface area contributed by atoms with Gasteiger partial charge < -0.3 is 14.4 Å². The van der Waals surface area contributed by atoms with Gasteiger partial charge in [-0.1, -0.05) is 40.6 Å². The highest BCUT2D eigenvalue weighted by molar-refractivity contribution is 7.22. The molecule has 202 valence electrons. The number of thiazole rings is 1. The van der Waals surface area contributed by atoms with Gasteiger partial charge in [0, 0.05) is 29.6 Å². The minimum absolute atomic E-state index is 0.111. The van der Waals surface area contributed by atoms with Crippen LogP contribution in [0.2, 0.25) is 10.0 Å². The second-order valence-electron chi connectivity index (χ2n) is 10.5. The average molecular weight is 588 g/mol. The Morgan fingerprint density at radius 3 is 2.67 bits per heavy atom. The van der Waals surface area contributed by atoms with Crippen molar-refractivity contribution in [1.29, 1.82) is 0 Å². The molecule has 3 atom stereocenters. The molecule has 0 N–H and O–H groups in total. The van der Waals surface area contributed by atoms with Crippen molar-refractivity contribution >= 4 is 55.9 Å². The molecule has 2 saturated carbocycles. The van der Waals surface area contributed by atoms with E-state index in [1.165, 1.54) is 24.5 Å². The van der Waals surface area contributed by atoms with E-state index in [-0.39, 0.29) is 23.2 Å². The third-order valence-electron chi connectivity index (χ3n) is 8.04. The zero-order valence-electron chi connectivity index (χ0n) is 21.1. The number of piperidine rings is 1. The monoisotopic (exact) mass is 586 g/mol. The second kappa shape index (κ2) is 9.73. The molecule has 0 radical (unpaired) electrons. The first kappa shape index (κ1) is 25.3. The van der Waals surface area contributed by atoms with Crippen LogP contribution in [0.1, 0.15) is 47.8 Å². The summed E-state index contributed by atoms with van der Waals surface area (Å²) in [5.41, 5.74) is 3.21. The summed E-state index contributed by atoms with van der Waals surface area (Å²) in [7, 11) is 1.29. The largest absolute Gasteiger partial charge is 0.465 e. The molecule has 3 heterocycles. The van der Waals surface area contributed by atoms with E-state index in [2.05, 4.69) is 19.7 Å². The highest BCUT2D eigenvalue weighted by Gasteiger charge is 2.46. The van der Waals surface area contributed by atoms with E-state index >= 15 is 0 Å². The lowest BCUT2D eigenvalue weighted by Gasteiger charge is -2.31. The molecule has 4 aromatic rings. The van der Waals surface area contributed by atoms with Crippen LogP contribution >= 0.6 is 34.5 Å². The molecule has 1 saturated heterocycles. The second-order valence-corrected chi connectivity index (χ2v) is 12.3. The molecule has 2 bridgehead atoms. The van der Waals surface area contributed by atoms with Gasteiger partial charge in [0.15, 0.2) is 10.9 Å². The maximum atomic E-state index is 14.7. The SMILES string of the molecule is COC(=O)c1cc(F)c2nc(N3C[C@@H]4C[C@H]3C[C@H]4OCc3c(-c4c(Cl)cccc4Cl)cnn3C3CC3)sc2c1. The summed E-state index contributed by atoms with van der Waals surface area (Å²) < 4.78 is 28.7. The van der Waals surface area contributed by atoms with Crippen LogP contribution in [-0.2, 0) is 16.1 Å². The van der Waals surface area contributed by atoms with Gasteiger partial charge in [-0.25, -0.2) is 14.2 Å². The molecule has 2 aromatic heterocycles. The highest BCUT2D eigenvalue weighted by Crippen LogP contribution is 2.46. The Hall–Kier alpha value is -2.72. The van der Waals surface area contributed by atoms with Crippen molar-refractivity contribution in [2.45, 2.75) is 50.5 Å². The zero-order chi connectivity index (χ0) is 26.8. The number of halogens is 3. The number of fused-ring (bicyclic) bond motifs is 3. The number of benzene rings is 2. The smallest absolute Gasteiger partial charge is 0.338 e. The van der Waals surface area contributed by atoms with Gasteiger partial charge in [-0.2, -0.15) is 5.10 Å². The predicted molar refractivity (Wildman–Crippen MR) is 149 cm³/mol. The Labute approximate surface area is 238 Å². The predicted octanol–water partition coefficient (Wildman–Crippen LogP) is 6.91. The third-order valence-corrected chi connectivity index (χ3v) is 9.71. The van der Waals surface area contributed by atoms with E-state index in [0.29, 0.717) is 33.3 Å². The van der Waals surface area contributed by atoms with Crippen LogP contribution in [0, 0.1) is 11.7 Å². The first-order chi connectivity index (χ1) is 18.9. The van der Waals surface area contributed by atoms with Crippen molar-refractivity contribution in [3.63, 3.8) is 0 Å². The molecule has 2 aliphatic carbocycles. The lowest BCUT2D eigenvalue weighted by Crippen LogP contribution is -2.38. The molecule has 1 aliphatic heterocycles. The Bertz CT molecular complexity index is 1580. The van der Waals surface area contributed by atoms with Crippen LogP contribution < -0.4 is 4.90 Å². The van der Waals surface area contributed by atoms with E-state index < -0.39 is 11.8 Å². The van der Waals surface area contributed by atoms with Gasteiger partial charge in [-0.15, -0.1) is 0 Å². The number of nitrogens with zero attached hydrogens (tertiary/aromatic N) is 4. The summed E-state index contributed by atoms with van der Waals surface area (Å²) in [5, 5.41) is 6.65. The van der Waals surface area contributed by atoms with Gasteiger partial charge in [0.05, 0.1) is 58.1 Å². The van der Waals surface area contributed by atoms with Crippen molar-refractivity contribution in [2.75, 3.05) is 18.6 Å². The topological polar surface area (TPSA) is 69.5 Å². The third kappa shape index (κ3) is 4.40. The fraction of sp³-hybridized carbons (Fsp3) is 0.393. The van der Waals surface area contributed by atoms with Crippen LogP contribution in [-0.4, -0.2) is 46.5 Å². The maximum Gasteiger partial charge on any atom is 0.338 e. The quantitative estimate of drug-likeness (QED) is 0.219.